The summed E-state index contributed by atoms with van der Waals surface area (Å²) in [4.78, 5) is 0. The largest absolute Gasteiger partial charge is 0.377 e. The third-order valence-electron chi connectivity index (χ3n) is 3.75. The number of rotatable bonds is 7. The highest BCUT2D eigenvalue weighted by Crippen LogP contribution is 2.15. The molecule has 0 bridgehead atoms. The molecule has 1 N–H and O–H groups in total. The molecule has 16 heavy (non-hydrogen) atoms. The minimum absolute atomic E-state index is 0.469. The maximum atomic E-state index is 5.75. The van der Waals surface area contributed by atoms with E-state index in [1.54, 1.807) is 0 Å². The van der Waals surface area contributed by atoms with Crippen molar-refractivity contribution in [2.24, 2.45) is 5.92 Å². The summed E-state index contributed by atoms with van der Waals surface area (Å²) in [5.41, 5.74) is 0. The molecule has 0 saturated carbocycles. The van der Waals surface area contributed by atoms with Crippen LogP contribution >= 0.6 is 0 Å². The van der Waals surface area contributed by atoms with Gasteiger partial charge in [-0.2, -0.15) is 0 Å². The molecule has 1 heterocycles. The van der Waals surface area contributed by atoms with Gasteiger partial charge in [-0.05, 0) is 38.0 Å². The van der Waals surface area contributed by atoms with Crippen LogP contribution in [-0.4, -0.2) is 25.3 Å². The molecule has 1 fully saturated rings. The summed E-state index contributed by atoms with van der Waals surface area (Å²) < 4.78 is 5.75. The van der Waals surface area contributed by atoms with E-state index in [-0.39, 0.29) is 0 Å². The molecule has 0 aromatic carbocycles. The Balaban J connectivity index is 2.21. The first-order valence-corrected chi connectivity index (χ1v) is 7.12. The van der Waals surface area contributed by atoms with Gasteiger partial charge in [0.1, 0.15) is 0 Å². The van der Waals surface area contributed by atoms with E-state index in [9.17, 15) is 0 Å². The molecule has 1 aliphatic heterocycles. The summed E-state index contributed by atoms with van der Waals surface area (Å²) in [5.74, 6) is 0.790. The Kier molecular flexibility index (Phi) is 7.06. The number of hydrogen-bond donors (Lipinski definition) is 1. The second kappa shape index (κ2) is 8.08. The quantitative estimate of drug-likeness (QED) is 0.720. The van der Waals surface area contributed by atoms with Crippen molar-refractivity contribution < 1.29 is 4.74 Å². The van der Waals surface area contributed by atoms with Gasteiger partial charge < -0.3 is 10.1 Å². The third-order valence-corrected chi connectivity index (χ3v) is 3.75. The SMILES string of the molecule is CCCC(C)C(CC)NCC1CCCCO1. The fourth-order valence-electron chi connectivity index (χ4n) is 2.66. The number of nitrogens with one attached hydrogen (secondary N) is 1. The lowest BCUT2D eigenvalue weighted by molar-refractivity contribution is 0.0141. The van der Waals surface area contributed by atoms with E-state index in [1.165, 1.54) is 38.5 Å². The second-order valence-corrected chi connectivity index (χ2v) is 5.18. The first-order valence-electron chi connectivity index (χ1n) is 7.12. The molecule has 0 aromatic heterocycles. The molecule has 1 saturated heterocycles. The average Bonchev–Trinajstić information content (AvgIpc) is 2.31. The van der Waals surface area contributed by atoms with Gasteiger partial charge in [0, 0.05) is 19.2 Å². The van der Waals surface area contributed by atoms with Gasteiger partial charge >= 0.3 is 0 Å². The zero-order valence-corrected chi connectivity index (χ0v) is 11.3. The molecule has 0 radical (unpaired) electrons. The van der Waals surface area contributed by atoms with E-state index >= 15 is 0 Å². The zero-order valence-electron chi connectivity index (χ0n) is 11.3. The minimum atomic E-state index is 0.469. The molecule has 0 spiro atoms. The smallest absolute Gasteiger partial charge is 0.0699 e. The zero-order chi connectivity index (χ0) is 11.8. The number of hydrogen-bond acceptors (Lipinski definition) is 2. The van der Waals surface area contributed by atoms with E-state index in [2.05, 4.69) is 26.1 Å². The van der Waals surface area contributed by atoms with E-state index in [0.29, 0.717) is 12.1 Å². The molecule has 3 atom stereocenters. The second-order valence-electron chi connectivity index (χ2n) is 5.18. The lowest BCUT2D eigenvalue weighted by Gasteiger charge is -2.28. The Bertz CT molecular complexity index is 166. The Labute approximate surface area is 101 Å². The maximum Gasteiger partial charge on any atom is 0.0699 e. The summed E-state index contributed by atoms with van der Waals surface area (Å²) >= 11 is 0. The number of ether oxygens (including phenoxy) is 1. The highest BCUT2D eigenvalue weighted by molar-refractivity contribution is 4.75. The summed E-state index contributed by atoms with van der Waals surface area (Å²) in [6, 6.07) is 0.672. The van der Waals surface area contributed by atoms with E-state index in [1.807, 2.05) is 0 Å². The third kappa shape index (κ3) is 4.84. The highest BCUT2D eigenvalue weighted by atomic mass is 16.5. The molecule has 3 unspecified atom stereocenters. The van der Waals surface area contributed by atoms with Crippen molar-refractivity contribution >= 4 is 0 Å². The Morgan fingerprint density at radius 2 is 2.12 bits per heavy atom. The van der Waals surface area contributed by atoms with E-state index < -0.39 is 0 Å². The molecule has 96 valence electrons. The van der Waals surface area contributed by atoms with Crippen molar-refractivity contribution in [2.45, 2.75) is 71.4 Å². The van der Waals surface area contributed by atoms with Crippen molar-refractivity contribution in [3.8, 4) is 0 Å². The minimum Gasteiger partial charge on any atom is -0.377 e. The average molecular weight is 227 g/mol. The molecule has 2 nitrogen and oxygen atoms in total. The van der Waals surface area contributed by atoms with Gasteiger partial charge in [0.2, 0.25) is 0 Å². The van der Waals surface area contributed by atoms with Crippen molar-refractivity contribution in [2.75, 3.05) is 13.2 Å². The van der Waals surface area contributed by atoms with Crippen LogP contribution in [0.3, 0.4) is 0 Å². The van der Waals surface area contributed by atoms with Gasteiger partial charge in [-0.25, -0.2) is 0 Å². The van der Waals surface area contributed by atoms with Crippen LogP contribution < -0.4 is 5.32 Å². The molecular weight excluding hydrogens is 198 g/mol. The van der Waals surface area contributed by atoms with Crippen LogP contribution in [0, 0.1) is 5.92 Å². The first kappa shape index (κ1) is 14.0. The van der Waals surface area contributed by atoms with Crippen molar-refractivity contribution in [1.29, 1.82) is 0 Å². The van der Waals surface area contributed by atoms with Crippen LogP contribution in [-0.2, 0) is 4.74 Å². The summed E-state index contributed by atoms with van der Waals surface area (Å²) in [6.07, 6.45) is 8.15. The van der Waals surface area contributed by atoms with E-state index in [0.717, 1.165) is 19.1 Å². The predicted molar refractivity (Wildman–Crippen MR) is 69.7 cm³/mol. The summed E-state index contributed by atoms with van der Waals surface area (Å²) in [6.45, 7) is 8.94. The first-order chi connectivity index (χ1) is 7.77. The topological polar surface area (TPSA) is 21.3 Å². The summed E-state index contributed by atoms with van der Waals surface area (Å²) in [5, 5.41) is 3.70. The van der Waals surface area contributed by atoms with Gasteiger partial charge in [0.05, 0.1) is 6.10 Å². The van der Waals surface area contributed by atoms with Gasteiger partial charge in [0.15, 0.2) is 0 Å². The van der Waals surface area contributed by atoms with E-state index in [4.69, 9.17) is 4.74 Å². The monoisotopic (exact) mass is 227 g/mol. The van der Waals surface area contributed by atoms with Crippen LogP contribution in [0.1, 0.15) is 59.3 Å². The lowest BCUT2D eigenvalue weighted by Crippen LogP contribution is -2.41. The summed E-state index contributed by atoms with van der Waals surface area (Å²) in [7, 11) is 0. The van der Waals surface area contributed by atoms with Crippen LogP contribution in [0.25, 0.3) is 0 Å². The fraction of sp³-hybridized carbons (Fsp3) is 1.00. The Morgan fingerprint density at radius 1 is 1.31 bits per heavy atom. The fourth-order valence-corrected chi connectivity index (χ4v) is 2.66. The Hall–Kier alpha value is -0.0800. The van der Waals surface area contributed by atoms with Crippen molar-refractivity contribution in [1.82, 2.24) is 5.32 Å². The van der Waals surface area contributed by atoms with Gasteiger partial charge in [-0.15, -0.1) is 0 Å². The highest BCUT2D eigenvalue weighted by Gasteiger charge is 2.18. The van der Waals surface area contributed by atoms with Crippen LogP contribution in [0.4, 0.5) is 0 Å². The van der Waals surface area contributed by atoms with Crippen molar-refractivity contribution in [3.63, 3.8) is 0 Å². The molecule has 1 rings (SSSR count). The Morgan fingerprint density at radius 3 is 2.69 bits per heavy atom. The van der Waals surface area contributed by atoms with Crippen LogP contribution in [0.15, 0.2) is 0 Å². The van der Waals surface area contributed by atoms with Gasteiger partial charge in [-0.1, -0.05) is 27.2 Å². The van der Waals surface area contributed by atoms with Crippen molar-refractivity contribution in [3.05, 3.63) is 0 Å². The molecule has 0 aliphatic carbocycles. The van der Waals surface area contributed by atoms with Crippen LogP contribution in [0.2, 0.25) is 0 Å². The van der Waals surface area contributed by atoms with Gasteiger partial charge in [0.25, 0.3) is 0 Å². The molecule has 1 aliphatic rings. The maximum absolute atomic E-state index is 5.75. The van der Waals surface area contributed by atoms with Gasteiger partial charge in [-0.3, -0.25) is 0 Å². The normalized spacial score (nSPS) is 25.3. The molecule has 2 heteroatoms. The lowest BCUT2D eigenvalue weighted by atomic mass is 9.94. The predicted octanol–water partition coefficient (Wildman–Crippen LogP) is 3.36. The van der Waals surface area contributed by atoms with Crippen LogP contribution in [0.5, 0.6) is 0 Å². The molecular formula is C14H29NO. The molecule has 0 amide bonds. The molecule has 0 aromatic rings. The standard InChI is InChI=1S/C14H29NO/c1-4-8-12(3)14(5-2)15-11-13-9-6-7-10-16-13/h12-15H,4-11H2,1-3H3.